The van der Waals surface area contributed by atoms with Crippen LogP contribution >= 0.6 is 0 Å². The zero-order valence-electron chi connectivity index (χ0n) is 11.0. The number of carbonyl (C=O) groups excluding carboxylic acids is 2. The number of nitrogens with two attached hydrogens (primary N) is 1. The van der Waals surface area contributed by atoms with Crippen molar-refractivity contribution in [2.45, 2.75) is 31.8 Å². The molecule has 0 bridgehead atoms. The molecule has 4 N–H and O–H groups in total. The van der Waals surface area contributed by atoms with Crippen molar-refractivity contribution < 1.29 is 24.2 Å². The van der Waals surface area contributed by atoms with Gasteiger partial charge in [-0.05, 0) is 13.8 Å². The van der Waals surface area contributed by atoms with Crippen LogP contribution in [-0.4, -0.2) is 59.3 Å². The Morgan fingerprint density at radius 2 is 2.11 bits per heavy atom. The Bertz CT molecular complexity index is 377. The minimum Gasteiger partial charge on any atom is -0.479 e. The number of amides is 3. The summed E-state index contributed by atoms with van der Waals surface area (Å²) >= 11 is 0. The maximum atomic E-state index is 12.1. The Morgan fingerprint density at radius 3 is 2.47 bits per heavy atom. The van der Waals surface area contributed by atoms with Crippen molar-refractivity contribution in [1.29, 1.82) is 0 Å². The molecule has 1 unspecified atom stereocenters. The van der Waals surface area contributed by atoms with Gasteiger partial charge < -0.3 is 25.8 Å². The number of nitrogens with one attached hydrogen (secondary N) is 1. The summed E-state index contributed by atoms with van der Waals surface area (Å²) in [6.45, 7) is 3.34. The number of carbonyl (C=O) groups is 3. The molecule has 1 atom stereocenters. The molecule has 1 rings (SSSR count). The first-order valence-corrected chi connectivity index (χ1v) is 5.97. The topological polar surface area (TPSA) is 122 Å². The van der Waals surface area contributed by atoms with Gasteiger partial charge in [0.25, 0.3) is 0 Å². The van der Waals surface area contributed by atoms with Crippen molar-refractivity contribution >= 4 is 17.9 Å². The van der Waals surface area contributed by atoms with E-state index in [2.05, 4.69) is 5.32 Å². The highest BCUT2D eigenvalue weighted by Gasteiger charge is 2.45. The first-order valence-electron chi connectivity index (χ1n) is 5.97. The van der Waals surface area contributed by atoms with Crippen molar-refractivity contribution in [3.63, 3.8) is 0 Å². The Labute approximate surface area is 110 Å². The highest BCUT2D eigenvalue weighted by molar-refractivity contribution is 5.88. The summed E-state index contributed by atoms with van der Waals surface area (Å²) in [5.41, 5.74) is 3.64. The van der Waals surface area contributed by atoms with Crippen molar-refractivity contribution in [2.24, 2.45) is 5.73 Å². The SMILES string of the molecule is CC(C)N(CC(N)=O)C(=O)NC1(C(=O)O)CCOC1. The van der Waals surface area contributed by atoms with E-state index in [0.29, 0.717) is 0 Å². The first kappa shape index (κ1) is 15.2. The maximum absolute atomic E-state index is 12.1. The number of hydrogen-bond acceptors (Lipinski definition) is 4. The van der Waals surface area contributed by atoms with E-state index < -0.39 is 23.4 Å². The molecule has 1 saturated heterocycles. The number of carboxylic acids is 1. The zero-order chi connectivity index (χ0) is 14.6. The number of urea groups is 1. The number of ether oxygens (including phenoxy) is 1. The van der Waals surface area contributed by atoms with Crippen LogP contribution in [0, 0.1) is 0 Å². The van der Waals surface area contributed by atoms with E-state index >= 15 is 0 Å². The minimum atomic E-state index is -1.43. The summed E-state index contributed by atoms with van der Waals surface area (Å²) in [4.78, 5) is 35.5. The van der Waals surface area contributed by atoms with Crippen LogP contribution in [0.4, 0.5) is 4.79 Å². The Hall–Kier alpha value is -1.83. The average molecular weight is 273 g/mol. The number of rotatable bonds is 5. The predicted molar refractivity (Wildman–Crippen MR) is 65.4 cm³/mol. The fourth-order valence-corrected chi connectivity index (χ4v) is 1.82. The highest BCUT2D eigenvalue weighted by atomic mass is 16.5. The standard InChI is InChI=1S/C11H19N3O5/c1-7(2)14(5-8(12)15)10(18)13-11(9(16)17)3-4-19-6-11/h7H,3-6H2,1-2H3,(H2,12,15)(H,13,18)(H,16,17). The van der Waals surface area contributed by atoms with Gasteiger partial charge in [0, 0.05) is 19.1 Å². The molecule has 8 heteroatoms. The number of nitrogens with zero attached hydrogens (tertiary/aromatic N) is 1. The van der Waals surface area contributed by atoms with Gasteiger partial charge in [0.15, 0.2) is 5.54 Å². The predicted octanol–water partition coefficient (Wildman–Crippen LogP) is -0.865. The number of carboxylic acid groups (broad SMARTS) is 1. The largest absolute Gasteiger partial charge is 0.479 e. The van der Waals surface area contributed by atoms with Crippen LogP contribution in [0.25, 0.3) is 0 Å². The quantitative estimate of drug-likeness (QED) is 0.601. The molecular weight excluding hydrogens is 254 g/mol. The van der Waals surface area contributed by atoms with E-state index in [1.54, 1.807) is 13.8 Å². The summed E-state index contributed by atoms with van der Waals surface area (Å²) in [7, 11) is 0. The Balaban J connectivity index is 2.80. The van der Waals surface area contributed by atoms with Crippen molar-refractivity contribution in [3.05, 3.63) is 0 Å². The second kappa shape index (κ2) is 5.87. The molecule has 0 radical (unpaired) electrons. The third-order valence-electron chi connectivity index (χ3n) is 2.99. The van der Waals surface area contributed by atoms with Gasteiger partial charge in [0.2, 0.25) is 5.91 Å². The van der Waals surface area contributed by atoms with Crippen LogP contribution in [0.2, 0.25) is 0 Å². The van der Waals surface area contributed by atoms with E-state index in [1.165, 1.54) is 4.90 Å². The van der Waals surface area contributed by atoms with Crippen LogP contribution in [-0.2, 0) is 14.3 Å². The van der Waals surface area contributed by atoms with Gasteiger partial charge in [-0.15, -0.1) is 0 Å². The van der Waals surface area contributed by atoms with Crippen molar-refractivity contribution in [3.8, 4) is 0 Å². The van der Waals surface area contributed by atoms with E-state index in [1.807, 2.05) is 0 Å². The maximum Gasteiger partial charge on any atom is 0.332 e. The lowest BCUT2D eigenvalue weighted by Gasteiger charge is -2.31. The van der Waals surface area contributed by atoms with Crippen LogP contribution in [0.1, 0.15) is 20.3 Å². The summed E-state index contributed by atoms with van der Waals surface area (Å²) in [6, 6.07) is -0.914. The number of hydrogen-bond donors (Lipinski definition) is 3. The van der Waals surface area contributed by atoms with Gasteiger partial charge in [-0.25, -0.2) is 9.59 Å². The number of primary amides is 1. The molecule has 0 aromatic heterocycles. The van der Waals surface area contributed by atoms with Crippen molar-refractivity contribution in [2.75, 3.05) is 19.8 Å². The molecule has 1 aliphatic rings. The molecule has 0 spiro atoms. The van der Waals surface area contributed by atoms with Gasteiger partial charge in [0.1, 0.15) is 6.54 Å². The van der Waals surface area contributed by atoms with Gasteiger partial charge in [-0.2, -0.15) is 0 Å². The summed E-state index contributed by atoms with van der Waals surface area (Å²) < 4.78 is 5.04. The van der Waals surface area contributed by atoms with Gasteiger partial charge in [0.05, 0.1) is 6.61 Å². The lowest BCUT2D eigenvalue weighted by molar-refractivity contribution is -0.144. The van der Waals surface area contributed by atoms with Crippen LogP contribution < -0.4 is 11.1 Å². The van der Waals surface area contributed by atoms with E-state index in [0.717, 1.165) is 0 Å². The molecule has 1 fully saturated rings. The first-order chi connectivity index (χ1) is 8.78. The highest BCUT2D eigenvalue weighted by Crippen LogP contribution is 2.19. The summed E-state index contributed by atoms with van der Waals surface area (Å²) in [6.07, 6.45) is 0.191. The van der Waals surface area contributed by atoms with Gasteiger partial charge in [-0.1, -0.05) is 0 Å². The van der Waals surface area contributed by atoms with Gasteiger partial charge >= 0.3 is 12.0 Å². The normalized spacial score (nSPS) is 22.3. The van der Waals surface area contributed by atoms with E-state index in [4.69, 9.17) is 10.5 Å². The third-order valence-corrected chi connectivity index (χ3v) is 2.99. The minimum absolute atomic E-state index is 0.0867. The third kappa shape index (κ3) is 3.57. The molecule has 1 heterocycles. The molecule has 8 nitrogen and oxygen atoms in total. The Kier molecular flexibility index (Phi) is 4.71. The van der Waals surface area contributed by atoms with Crippen LogP contribution in [0.15, 0.2) is 0 Å². The molecule has 0 aromatic carbocycles. The summed E-state index contributed by atoms with van der Waals surface area (Å²) in [5, 5.41) is 11.6. The molecule has 3 amide bonds. The molecule has 108 valence electrons. The van der Waals surface area contributed by atoms with E-state index in [9.17, 15) is 19.5 Å². The number of aliphatic carboxylic acids is 1. The zero-order valence-corrected chi connectivity index (χ0v) is 11.0. The van der Waals surface area contributed by atoms with Gasteiger partial charge in [-0.3, -0.25) is 4.79 Å². The average Bonchev–Trinajstić information content (AvgIpc) is 2.74. The lowest BCUT2D eigenvalue weighted by atomic mass is 9.99. The molecule has 0 aliphatic carbocycles. The second-order valence-corrected chi connectivity index (χ2v) is 4.81. The molecular formula is C11H19N3O5. The Morgan fingerprint density at radius 1 is 1.47 bits per heavy atom. The molecule has 1 aliphatic heterocycles. The monoisotopic (exact) mass is 273 g/mol. The second-order valence-electron chi connectivity index (χ2n) is 4.81. The molecule has 19 heavy (non-hydrogen) atoms. The van der Waals surface area contributed by atoms with Crippen LogP contribution in [0.3, 0.4) is 0 Å². The fraction of sp³-hybridized carbons (Fsp3) is 0.727. The summed E-state index contributed by atoms with van der Waals surface area (Å²) in [5.74, 6) is -1.81. The van der Waals surface area contributed by atoms with Crippen LogP contribution in [0.5, 0.6) is 0 Å². The fourth-order valence-electron chi connectivity index (χ4n) is 1.82. The van der Waals surface area contributed by atoms with Crippen molar-refractivity contribution in [1.82, 2.24) is 10.2 Å². The molecule has 0 saturated carbocycles. The smallest absolute Gasteiger partial charge is 0.332 e. The van der Waals surface area contributed by atoms with E-state index in [-0.39, 0.29) is 32.2 Å². The molecule has 0 aromatic rings. The lowest BCUT2D eigenvalue weighted by Crippen LogP contribution is -2.60.